The van der Waals surface area contributed by atoms with Gasteiger partial charge in [0.25, 0.3) is 0 Å². The van der Waals surface area contributed by atoms with Crippen LogP contribution in [0.5, 0.6) is 5.75 Å². The van der Waals surface area contributed by atoms with Crippen molar-refractivity contribution >= 4 is 22.0 Å². The Balaban J connectivity index is 3.22. The van der Waals surface area contributed by atoms with Gasteiger partial charge >= 0.3 is 6.09 Å². The summed E-state index contributed by atoms with van der Waals surface area (Å²) in [6.07, 6.45) is -0.780. The molecule has 88 valence electrons. The van der Waals surface area contributed by atoms with Crippen molar-refractivity contribution in [2.45, 2.75) is 31.5 Å². The highest BCUT2D eigenvalue weighted by Crippen LogP contribution is 2.32. The van der Waals surface area contributed by atoms with Gasteiger partial charge in [0.05, 0.1) is 0 Å². The number of ether oxygens (including phenoxy) is 1. The Morgan fingerprint density at radius 1 is 1.44 bits per heavy atom. The Labute approximate surface area is 104 Å². The first-order chi connectivity index (χ1) is 7.34. The van der Waals surface area contributed by atoms with Gasteiger partial charge in [-0.1, -0.05) is 48.8 Å². The molecule has 3 nitrogen and oxygen atoms in total. The van der Waals surface area contributed by atoms with Crippen molar-refractivity contribution in [2.24, 2.45) is 5.73 Å². The molecule has 16 heavy (non-hydrogen) atoms. The topological polar surface area (TPSA) is 52.3 Å². The van der Waals surface area contributed by atoms with Crippen LogP contribution >= 0.6 is 15.9 Å². The molecular weight excluding hydrogens is 270 g/mol. The molecule has 0 aliphatic rings. The van der Waals surface area contributed by atoms with Crippen molar-refractivity contribution in [3.63, 3.8) is 0 Å². The van der Waals surface area contributed by atoms with Gasteiger partial charge in [-0.25, -0.2) is 4.79 Å². The average molecular weight is 286 g/mol. The summed E-state index contributed by atoms with van der Waals surface area (Å²) in [5.41, 5.74) is 7.06. The van der Waals surface area contributed by atoms with Gasteiger partial charge in [0.15, 0.2) is 0 Å². The predicted octanol–water partition coefficient (Wildman–Crippen LogP) is 3.34. The van der Waals surface area contributed by atoms with Crippen LogP contribution in [0.25, 0.3) is 0 Å². The molecule has 1 amide bonds. The summed E-state index contributed by atoms with van der Waals surface area (Å²) in [5, 5.41) is 0.771. The fraction of sp³-hybridized carbons (Fsp3) is 0.417. The maximum Gasteiger partial charge on any atom is 0.409 e. The zero-order valence-electron chi connectivity index (χ0n) is 9.71. The van der Waals surface area contributed by atoms with Gasteiger partial charge in [-0.3, -0.25) is 0 Å². The molecule has 0 saturated heterocycles. The Hall–Kier alpha value is -1.03. The third kappa shape index (κ3) is 3.23. The van der Waals surface area contributed by atoms with E-state index in [1.807, 2.05) is 12.1 Å². The van der Waals surface area contributed by atoms with Crippen LogP contribution in [0.4, 0.5) is 4.79 Å². The van der Waals surface area contributed by atoms with E-state index in [4.69, 9.17) is 10.5 Å². The lowest BCUT2D eigenvalue weighted by Crippen LogP contribution is -2.20. The highest BCUT2D eigenvalue weighted by Gasteiger charge is 2.20. The monoisotopic (exact) mass is 285 g/mol. The fourth-order valence-electron chi connectivity index (χ4n) is 1.44. The number of carbonyl (C=O) groups is 1. The van der Waals surface area contributed by atoms with E-state index in [1.54, 1.807) is 6.07 Å². The second-order valence-electron chi connectivity index (χ2n) is 4.64. The van der Waals surface area contributed by atoms with Crippen molar-refractivity contribution in [2.75, 3.05) is 0 Å². The van der Waals surface area contributed by atoms with Gasteiger partial charge in [0, 0.05) is 10.9 Å². The van der Waals surface area contributed by atoms with Crippen molar-refractivity contribution < 1.29 is 9.53 Å². The van der Waals surface area contributed by atoms with Crippen LogP contribution in [0, 0.1) is 0 Å². The molecule has 1 aromatic rings. The molecule has 0 unspecified atom stereocenters. The number of primary amides is 1. The van der Waals surface area contributed by atoms with E-state index in [-0.39, 0.29) is 5.41 Å². The van der Waals surface area contributed by atoms with Crippen LogP contribution in [0.3, 0.4) is 0 Å². The van der Waals surface area contributed by atoms with Crippen LogP contribution < -0.4 is 10.5 Å². The van der Waals surface area contributed by atoms with E-state index in [9.17, 15) is 4.79 Å². The summed E-state index contributed by atoms with van der Waals surface area (Å²) in [5.74, 6) is 0.532. The molecule has 0 aromatic heterocycles. The lowest BCUT2D eigenvalue weighted by molar-refractivity contribution is 0.210. The van der Waals surface area contributed by atoms with Gasteiger partial charge in [-0.05, 0) is 17.0 Å². The minimum Gasteiger partial charge on any atom is -0.410 e. The van der Waals surface area contributed by atoms with E-state index in [0.717, 1.165) is 16.5 Å². The first-order valence-electron chi connectivity index (χ1n) is 5.01. The number of alkyl halides is 1. The van der Waals surface area contributed by atoms with Gasteiger partial charge in [-0.15, -0.1) is 0 Å². The van der Waals surface area contributed by atoms with Crippen molar-refractivity contribution in [1.29, 1.82) is 0 Å². The molecule has 2 N–H and O–H groups in total. The zero-order chi connectivity index (χ0) is 12.3. The molecule has 0 heterocycles. The smallest absolute Gasteiger partial charge is 0.409 e. The van der Waals surface area contributed by atoms with E-state index >= 15 is 0 Å². The third-order valence-corrected chi connectivity index (χ3v) is 2.86. The summed E-state index contributed by atoms with van der Waals surface area (Å²) in [7, 11) is 0. The molecular formula is C12H16BrNO2. The number of amides is 1. The van der Waals surface area contributed by atoms with Gasteiger partial charge in [-0.2, -0.15) is 0 Å². The largest absolute Gasteiger partial charge is 0.410 e. The first-order valence-corrected chi connectivity index (χ1v) is 6.13. The van der Waals surface area contributed by atoms with Crippen LogP contribution in [-0.4, -0.2) is 6.09 Å². The highest BCUT2D eigenvalue weighted by atomic mass is 79.9. The normalized spacial score (nSPS) is 11.2. The van der Waals surface area contributed by atoms with E-state index in [2.05, 4.69) is 36.7 Å². The maximum absolute atomic E-state index is 10.8. The van der Waals surface area contributed by atoms with Crippen molar-refractivity contribution in [3.05, 3.63) is 29.3 Å². The Bertz CT molecular complexity index is 396. The van der Waals surface area contributed by atoms with Crippen molar-refractivity contribution in [1.82, 2.24) is 0 Å². The first kappa shape index (κ1) is 13.0. The van der Waals surface area contributed by atoms with Gasteiger partial charge in [0.1, 0.15) is 5.75 Å². The number of hydrogen-bond acceptors (Lipinski definition) is 2. The second kappa shape index (κ2) is 4.87. The van der Waals surface area contributed by atoms with Gasteiger partial charge < -0.3 is 10.5 Å². The molecule has 0 fully saturated rings. The summed E-state index contributed by atoms with van der Waals surface area (Å²) >= 11 is 3.40. The SMILES string of the molecule is CC(C)(C)c1cc(CBr)ccc1OC(N)=O. The van der Waals surface area contributed by atoms with Crippen LogP contribution in [0.1, 0.15) is 31.9 Å². The predicted molar refractivity (Wildman–Crippen MR) is 68.0 cm³/mol. The number of nitrogens with two attached hydrogens (primary N) is 1. The number of carbonyl (C=O) groups excluding carboxylic acids is 1. The standard InChI is InChI=1S/C12H16BrNO2/c1-12(2,3)9-6-8(7-13)4-5-10(9)16-11(14)15/h4-6H,7H2,1-3H3,(H2,14,15). The van der Waals surface area contributed by atoms with Gasteiger partial charge in [0.2, 0.25) is 0 Å². The maximum atomic E-state index is 10.8. The number of halogens is 1. The number of rotatable bonds is 2. The molecule has 0 saturated carbocycles. The molecule has 1 rings (SSSR count). The minimum absolute atomic E-state index is 0.0943. The second-order valence-corrected chi connectivity index (χ2v) is 5.20. The number of benzene rings is 1. The third-order valence-electron chi connectivity index (χ3n) is 2.22. The minimum atomic E-state index is -0.780. The van der Waals surface area contributed by atoms with E-state index in [0.29, 0.717) is 5.75 Å². The highest BCUT2D eigenvalue weighted by molar-refractivity contribution is 9.08. The Kier molecular flexibility index (Phi) is 3.97. The zero-order valence-corrected chi connectivity index (χ0v) is 11.3. The number of hydrogen-bond donors (Lipinski definition) is 1. The summed E-state index contributed by atoms with van der Waals surface area (Å²) in [6.45, 7) is 6.19. The Morgan fingerprint density at radius 3 is 2.50 bits per heavy atom. The fourth-order valence-corrected chi connectivity index (χ4v) is 1.79. The van der Waals surface area contributed by atoms with Crippen molar-refractivity contribution in [3.8, 4) is 5.75 Å². The molecule has 0 radical (unpaired) electrons. The Morgan fingerprint density at radius 2 is 2.06 bits per heavy atom. The average Bonchev–Trinajstić information content (AvgIpc) is 2.15. The lowest BCUT2D eigenvalue weighted by Gasteiger charge is -2.22. The summed E-state index contributed by atoms with van der Waals surface area (Å²) in [4.78, 5) is 10.8. The molecule has 0 bridgehead atoms. The molecule has 1 aromatic carbocycles. The van der Waals surface area contributed by atoms with Crippen LogP contribution in [0.2, 0.25) is 0 Å². The quantitative estimate of drug-likeness (QED) is 0.848. The molecule has 0 spiro atoms. The lowest BCUT2D eigenvalue weighted by atomic mass is 9.85. The molecule has 4 heteroatoms. The van der Waals surface area contributed by atoms with E-state index < -0.39 is 6.09 Å². The molecule has 0 atom stereocenters. The molecule has 0 aliphatic heterocycles. The van der Waals surface area contributed by atoms with Crippen LogP contribution in [0.15, 0.2) is 18.2 Å². The molecule has 0 aliphatic carbocycles. The summed E-state index contributed by atoms with van der Waals surface area (Å²) < 4.78 is 4.99. The van der Waals surface area contributed by atoms with Crippen LogP contribution in [-0.2, 0) is 10.7 Å². The summed E-state index contributed by atoms with van der Waals surface area (Å²) in [6, 6.07) is 5.71. The van der Waals surface area contributed by atoms with E-state index in [1.165, 1.54) is 0 Å².